The van der Waals surface area contributed by atoms with Gasteiger partial charge in [0.05, 0.1) is 0 Å². The first kappa shape index (κ1) is 10.5. The highest BCUT2D eigenvalue weighted by molar-refractivity contribution is 9.09. The number of ether oxygens (including phenoxy) is 1. The molecule has 0 aromatic rings. The van der Waals surface area contributed by atoms with Crippen molar-refractivity contribution in [3.05, 3.63) is 0 Å². The predicted molar refractivity (Wildman–Crippen MR) is 55.6 cm³/mol. The van der Waals surface area contributed by atoms with Crippen molar-refractivity contribution in [1.29, 1.82) is 0 Å². The number of hydrogen-bond donors (Lipinski definition) is 0. The van der Waals surface area contributed by atoms with Crippen LogP contribution in [0.3, 0.4) is 0 Å². The topological polar surface area (TPSA) is 9.23 Å². The number of rotatable bonds is 3. The van der Waals surface area contributed by atoms with E-state index < -0.39 is 0 Å². The van der Waals surface area contributed by atoms with Crippen molar-refractivity contribution in [3.63, 3.8) is 0 Å². The molecule has 0 radical (unpaired) electrons. The summed E-state index contributed by atoms with van der Waals surface area (Å²) in [6, 6.07) is 0. The molecule has 1 rings (SSSR count). The summed E-state index contributed by atoms with van der Waals surface area (Å²) in [6.07, 6.45) is 1.25. The van der Waals surface area contributed by atoms with Crippen LogP contribution in [0.15, 0.2) is 0 Å². The van der Waals surface area contributed by atoms with Gasteiger partial charge in [-0.05, 0) is 24.2 Å². The molecule has 12 heavy (non-hydrogen) atoms. The Balaban J connectivity index is 2.39. The first-order valence-corrected chi connectivity index (χ1v) is 5.76. The highest BCUT2D eigenvalue weighted by atomic mass is 79.9. The molecule has 1 nitrogen and oxygen atoms in total. The zero-order chi connectivity index (χ0) is 9.14. The quantitative estimate of drug-likeness (QED) is 0.683. The van der Waals surface area contributed by atoms with Crippen molar-refractivity contribution >= 4 is 15.9 Å². The molecule has 1 fully saturated rings. The second kappa shape index (κ2) is 4.61. The van der Waals surface area contributed by atoms with Gasteiger partial charge >= 0.3 is 0 Å². The van der Waals surface area contributed by atoms with Crippen LogP contribution in [-0.4, -0.2) is 18.0 Å². The second-order valence-corrected chi connectivity index (χ2v) is 5.23. The van der Waals surface area contributed by atoms with Crippen LogP contribution in [0.25, 0.3) is 0 Å². The van der Waals surface area contributed by atoms with Crippen molar-refractivity contribution in [2.24, 2.45) is 17.8 Å². The van der Waals surface area contributed by atoms with Gasteiger partial charge in [0.15, 0.2) is 0 Å². The molecule has 0 bridgehead atoms. The Hall–Kier alpha value is 0.440. The van der Waals surface area contributed by atoms with Crippen LogP contribution in [0.1, 0.15) is 27.2 Å². The van der Waals surface area contributed by atoms with Gasteiger partial charge in [0.1, 0.15) is 0 Å². The van der Waals surface area contributed by atoms with E-state index in [0.717, 1.165) is 31.0 Å². The van der Waals surface area contributed by atoms with Gasteiger partial charge in [-0.1, -0.05) is 36.7 Å². The lowest BCUT2D eigenvalue weighted by Gasteiger charge is -2.26. The Morgan fingerprint density at radius 3 is 2.42 bits per heavy atom. The third-order valence-electron chi connectivity index (χ3n) is 2.85. The first-order valence-electron chi connectivity index (χ1n) is 4.84. The molecule has 1 heterocycles. The summed E-state index contributed by atoms with van der Waals surface area (Å²) in [5.74, 6) is 2.24. The van der Waals surface area contributed by atoms with E-state index in [4.69, 9.17) is 4.74 Å². The van der Waals surface area contributed by atoms with Gasteiger partial charge in [-0.15, -0.1) is 0 Å². The highest BCUT2D eigenvalue weighted by Crippen LogP contribution is 2.31. The lowest BCUT2D eigenvalue weighted by Crippen LogP contribution is -2.25. The Morgan fingerprint density at radius 1 is 1.33 bits per heavy atom. The van der Waals surface area contributed by atoms with Crippen molar-refractivity contribution in [2.75, 3.05) is 13.2 Å². The minimum Gasteiger partial charge on any atom is -0.381 e. The summed E-state index contributed by atoms with van der Waals surface area (Å²) in [6.45, 7) is 8.80. The van der Waals surface area contributed by atoms with Crippen LogP contribution in [-0.2, 0) is 4.74 Å². The minimum atomic E-state index is 0.643. The minimum absolute atomic E-state index is 0.643. The standard InChI is InChI=1S/C10H19BrO/c1-7(2)10(11)8(3)9-4-5-12-6-9/h7-10H,4-6H2,1-3H3. The van der Waals surface area contributed by atoms with Crippen LogP contribution in [0.4, 0.5) is 0 Å². The van der Waals surface area contributed by atoms with Crippen LogP contribution >= 0.6 is 15.9 Å². The first-order chi connectivity index (χ1) is 5.63. The van der Waals surface area contributed by atoms with Crippen molar-refractivity contribution < 1.29 is 4.74 Å². The number of alkyl halides is 1. The molecule has 0 saturated carbocycles. The molecule has 0 spiro atoms. The summed E-state index contributed by atoms with van der Waals surface area (Å²) >= 11 is 3.76. The average molecular weight is 235 g/mol. The maximum absolute atomic E-state index is 5.39. The number of hydrogen-bond acceptors (Lipinski definition) is 1. The molecule has 1 saturated heterocycles. The van der Waals surface area contributed by atoms with E-state index in [1.165, 1.54) is 6.42 Å². The lowest BCUT2D eigenvalue weighted by molar-refractivity contribution is 0.171. The van der Waals surface area contributed by atoms with Gasteiger partial charge < -0.3 is 4.74 Å². The molecule has 0 aromatic carbocycles. The van der Waals surface area contributed by atoms with Crippen molar-refractivity contribution in [1.82, 2.24) is 0 Å². The lowest BCUT2D eigenvalue weighted by atomic mass is 9.86. The summed E-state index contributed by atoms with van der Waals surface area (Å²) in [5.41, 5.74) is 0. The average Bonchev–Trinajstić information content (AvgIpc) is 2.53. The van der Waals surface area contributed by atoms with Crippen LogP contribution < -0.4 is 0 Å². The van der Waals surface area contributed by atoms with Gasteiger partial charge in [-0.2, -0.15) is 0 Å². The van der Waals surface area contributed by atoms with Gasteiger partial charge in [0.25, 0.3) is 0 Å². The van der Waals surface area contributed by atoms with E-state index in [9.17, 15) is 0 Å². The SMILES string of the molecule is CC(C)C(Br)C(C)C1CCOC1. The van der Waals surface area contributed by atoms with E-state index in [-0.39, 0.29) is 0 Å². The third-order valence-corrected chi connectivity index (χ3v) is 4.74. The molecule has 2 heteroatoms. The molecule has 3 atom stereocenters. The smallest absolute Gasteiger partial charge is 0.0498 e. The van der Waals surface area contributed by atoms with Crippen molar-refractivity contribution in [2.45, 2.75) is 32.0 Å². The van der Waals surface area contributed by atoms with Crippen molar-refractivity contribution in [3.8, 4) is 0 Å². The van der Waals surface area contributed by atoms with Crippen LogP contribution in [0.2, 0.25) is 0 Å². The Morgan fingerprint density at radius 2 is 2.00 bits per heavy atom. The summed E-state index contributed by atoms with van der Waals surface area (Å²) < 4.78 is 5.39. The fraction of sp³-hybridized carbons (Fsp3) is 1.00. The Bertz CT molecular complexity index is 128. The maximum Gasteiger partial charge on any atom is 0.0498 e. The van der Waals surface area contributed by atoms with Crippen LogP contribution in [0, 0.1) is 17.8 Å². The monoisotopic (exact) mass is 234 g/mol. The van der Waals surface area contributed by atoms with E-state index in [0.29, 0.717) is 4.83 Å². The molecule has 1 aliphatic rings. The maximum atomic E-state index is 5.39. The van der Waals surface area contributed by atoms with Gasteiger partial charge in [-0.25, -0.2) is 0 Å². The summed E-state index contributed by atoms with van der Waals surface area (Å²) in [5, 5.41) is 0. The van der Waals surface area contributed by atoms with Crippen LogP contribution in [0.5, 0.6) is 0 Å². The molecule has 0 amide bonds. The van der Waals surface area contributed by atoms with Gasteiger partial charge in [0, 0.05) is 18.0 Å². The zero-order valence-electron chi connectivity index (χ0n) is 8.22. The Labute approximate surface area is 84.0 Å². The molecule has 0 aromatic heterocycles. The fourth-order valence-electron chi connectivity index (χ4n) is 1.83. The molecule has 1 aliphatic heterocycles. The van der Waals surface area contributed by atoms with E-state index >= 15 is 0 Å². The molecule has 72 valence electrons. The van der Waals surface area contributed by atoms with E-state index in [1.54, 1.807) is 0 Å². The van der Waals surface area contributed by atoms with Gasteiger partial charge in [-0.3, -0.25) is 0 Å². The normalized spacial score (nSPS) is 29.2. The van der Waals surface area contributed by atoms with E-state index in [2.05, 4.69) is 36.7 Å². The zero-order valence-corrected chi connectivity index (χ0v) is 9.80. The third kappa shape index (κ3) is 2.46. The molecular weight excluding hydrogens is 216 g/mol. The predicted octanol–water partition coefficient (Wildman–Crippen LogP) is 3.08. The highest BCUT2D eigenvalue weighted by Gasteiger charge is 2.28. The van der Waals surface area contributed by atoms with E-state index in [1.807, 2.05) is 0 Å². The summed E-state index contributed by atoms with van der Waals surface area (Å²) in [7, 11) is 0. The summed E-state index contributed by atoms with van der Waals surface area (Å²) in [4.78, 5) is 0.643. The Kier molecular flexibility index (Phi) is 4.04. The molecule has 0 N–H and O–H groups in total. The van der Waals surface area contributed by atoms with Gasteiger partial charge in [0.2, 0.25) is 0 Å². The molecular formula is C10H19BrO. The fourth-order valence-corrected chi connectivity index (χ4v) is 2.27. The number of halogens is 1. The second-order valence-electron chi connectivity index (χ2n) is 4.17. The molecule has 0 aliphatic carbocycles. The molecule has 3 unspecified atom stereocenters. The largest absolute Gasteiger partial charge is 0.381 e.